The van der Waals surface area contributed by atoms with E-state index in [-0.39, 0.29) is 13.2 Å². The minimum atomic E-state index is -1.15. The number of rotatable bonds is 5. The summed E-state index contributed by atoms with van der Waals surface area (Å²) in [5, 5.41) is 0. The first kappa shape index (κ1) is 15.9. The maximum atomic E-state index is 12.3. The van der Waals surface area contributed by atoms with Gasteiger partial charge in [-0.05, 0) is 32.9 Å². The minimum Gasteiger partial charge on any atom is -0.465 e. The van der Waals surface area contributed by atoms with Crippen LogP contribution in [0.4, 0.5) is 0 Å². The second-order valence-corrected chi connectivity index (χ2v) is 5.19. The highest BCUT2D eigenvalue weighted by Crippen LogP contribution is 2.25. The standard InChI is InChI=1S/C16H17NO5/c1-4-22-16(21)13(10(3)18)8-17-14(19)11-6-5-9(2)7-12(11)15(17)20/h5-7,13H,4,8H2,1-3H3/t13-/m0/s1. The molecule has 0 radical (unpaired) electrons. The van der Waals surface area contributed by atoms with Crippen molar-refractivity contribution in [2.24, 2.45) is 5.92 Å². The average Bonchev–Trinajstić information content (AvgIpc) is 2.68. The van der Waals surface area contributed by atoms with Gasteiger partial charge in [0.1, 0.15) is 11.7 Å². The molecule has 6 nitrogen and oxygen atoms in total. The van der Waals surface area contributed by atoms with Crippen LogP contribution in [0.25, 0.3) is 0 Å². The molecule has 1 aromatic rings. The van der Waals surface area contributed by atoms with Crippen molar-refractivity contribution in [3.63, 3.8) is 0 Å². The molecule has 1 aliphatic rings. The molecule has 6 heteroatoms. The Labute approximate surface area is 128 Å². The summed E-state index contributed by atoms with van der Waals surface area (Å²) in [4.78, 5) is 49.0. The number of fused-ring (bicyclic) bond motifs is 1. The van der Waals surface area contributed by atoms with Gasteiger partial charge < -0.3 is 4.74 Å². The van der Waals surface area contributed by atoms with E-state index in [4.69, 9.17) is 4.74 Å². The third kappa shape index (κ3) is 2.77. The third-order valence-electron chi connectivity index (χ3n) is 3.55. The summed E-state index contributed by atoms with van der Waals surface area (Å²) in [6.45, 7) is 4.52. The zero-order valence-electron chi connectivity index (χ0n) is 12.7. The van der Waals surface area contributed by atoms with E-state index in [1.54, 1.807) is 25.1 Å². The zero-order chi connectivity index (χ0) is 16.4. The van der Waals surface area contributed by atoms with Crippen molar-refractivity contribution in [1.82, 2.24) is 4.90 Å². The van der Waals surface area contributed by atoms with E-state index < -0.39 is 29.5 Å². The summed E-state index contributed by atoms with van der Waals surface area (Å²) in [5.41, 5.74) is 1.45. The Balaban J connectivity index is 2.27. The van der Waals surface area contributed by atoms with E-state index in [2.05, 4.69) is 0 Å². The van der Waals surface area contributed by atoms with Gasteiger partial charge in [-0.3, -0.25) is 24.1 Å². The second-order valence-electron chi connectivity index (χ2n) is 5.19. The number of aryl methyl sites for hydroxylation is 1. The highest BCUT2D eigenvalue weighted by Gasteiger charge is 2.39. The molecular formula is C16H17NO5. The Bertz CT molecular complexity index is 665. The number of carbonyl (C=O) groups excluding carboxylic acids is 4. The monoisotopic (exact) mass is 303 g/mol. The lowest BCUT2D eigenvalue weighted by atomic mass is 10.1. The first-order valence-corrected chi connectivity index (χ1v) is 7.00. The molecule has 0 N–H and O–H groups in total. The molecule has 2 rings (SSSR count). The Kier molecular flexibility index (Phi) is 4.40. The number of hydrogen-bond donors (Lipinski definition) is 0. The van der Waals surface area contributed by atoms with E-state index in [1.807, 2.05) is 6.92 Å². The van der Waals surface area contributed by atoms with Crippen LogP contribution in [0, 0.1) is 12.8 Å². The molecule has 1 aliphatic heterocycles. The molecule has 0 saturated carbocycles. The van der Waals surface area contributed by atoms with Gasteiger partial charge in [0.05, 0.1) is 17.7 Å². The van der Waals surface area contributed by atoms with Crippen LogP contribution in [0.3, 0.4) is 0 Å². The Morgan fingerprint density at radius 1 is 1.18 bits per heavy atom. The van der Waals surface area contributed by atoms with Crippen molar-refractivity contribution in [2.75, 3.05) is 13.2 Å². The predicted octanol–water partition coefficient (Wildman–Crippen LogP) is 1.36. The summed E-state index contributed by atoms with van der Waals surface area (Å²) in [6, 6.07) is 4.95. The van der Waals surface area contributed by atoms with E-state index in [0.29, 0.717) is 11.1 Å². The number of ketones is 1. The van der Waals surface area contributed by atoms with E-state index in [9.17, 15) is 19.2 Å². The summed E-state index contributed by atoms with van der Waals surface area (Å²) < 4.78 is 4.83. The van der Waals surface area contributed by atoms with Gasteiger partial charge in [-0.2, -0.15) is 0 Å². The number of imide groups is 1. The first-order valence-electron chi connectivity index (χ1n) is 7.00. The quantitative estimate of drug-likeness (QED) is 0.466. The fourth-order valence-electron chi connectivity index (χ4n) is 2.36. The van der Waals surface area contributed by atoms with Crippen LogP contribution in [0.2, 0.25) is 0 Å². The molecule has 0 unspecified atom stereocenters. The number of amides is 2. The van der Waals surface area contributed by atoms with Gasteiger partial charge in [-0.15, -0.1) is 0 Å². The molecule has 2 amide bonds. The molecule has 1 atom stereocenters. The van der Waals surface area contributed by atoms with Gasteiger partial charge in [0.2, 0.25) is 0 Å². The minimum absolute atomic E-state index is 0.129. The van der Waals surface area contributed by atoms with Crippen LogP contribution in [-0.2, 0) is 14.3 Å². The van der Waals surface area contributed by atoms with Crippen molar-refractivity contribution in [1.29, 1.82) is 0 Å². The third-order valence-corrected chi connectivity index (χ3v) is 3.55. The highest BCUT2D eigenvalue weighted by molar-refractivity contribution is 6.21. The molecule has 0 spiro atoms. The summed E-state index contributed by atoms with van der Waals surface area (Å²) in [7, 11) is 0. The summed E-state index contributed by atoms with van der Waals surface area (Å²) in [6.07, 6.45) is 0. The van der Waals surface area contributed by atoms with Gasteiger partial charge in [-0.25, -0.2) is 0 Å². The Morgan fingerprint density at radius 2 is 1.82 bits per heavy atom. The molecule has 0 bridgehead atoms. The molecule has 0 aliphatic carbocycles. The van der Waals surface area contributed by atoms with Crippen molar-refractivity contribution in [3.05, 3.63) is 34.9 Å². The lowest BCUT2D eigenvalue weighted by Crippen LogP contribution is -2.40. The van der Waals surface area contributed by atoms with E-state index in [0.717, 1.165) is 10.5 Å². The summed E-state index contributed by atoms with van der Waals surface area (Å²) >= 11 is 0. The van der Waals surface area contributed by atoms with Crippen LogP contribution in [0.1, 0.15) is 40.1 Å². The zero-order valence-corrected chi connectivity index (χ0v) is 12.7. The van der Waals surface area contributed by atoms with Crippen molar-refractivity contribution in [3.8, 4) is 0 Å². The summed E-state index contributed by atoms with van der Waals surface area (Å²) in [5.74, 6) is -3.29. The number of esters is 1. The van der Waals surface area contributed by atoms with Gasteiger partial charge in [0.15, 0.2) is 0 Å². The maximum absolute atomic E-state index is 12.3. The molecule has 116 valence electrons. The van der Waals surface area contributed by atoms with Crippen LogP contribution in [0.5, 0.6) is 0 Å². The average molecular weight is 303 g/mol. The lowest BCUT2D eigenvalue weighted by molar-refractivity contribution is -0.151. The lowest BCUT2D eigenvalue weighted by Gasteiger charge is -2.19. The predicted molar refractivity (Wildman–Crippen MR) is 77.4 cm³/mol. The number of nitrogens with zero attached hydrogens (tertiary/aromatic N) is 1. The van der Waals surface area contributed by atoms with Gasteiger partial charge in [0, 0.05) is 6.54 Å². The number of hydrogen-bond acceptors (Lipinski definition) is 5. The molecule has 22 heavy (non-hydrogen) atoms. The molecular weight excluding hydrogens is 286 g/mol. The molecule has 0 saturated heterocycles. The van der Waals surface area contributed by atoms with Crippen molar-refractivity contribution >= 4 is 23.6 Å². The fourth-order valence-corrected chi connectivity index (χ4v) is 2.36. The fraction of sp³-hybridized carbons (Fsp3) is 0.375. The van der Waals surface area contributed by atoms with E-state index in [1.165, 1.54) is 6.92 Å². The second kappa shape index (κ2) is 6.09. The Morgan fingerprint density at radius 3 is 2.41 bits per heavy atom. The highest BCUT2D eigenvalue weighted by atomic mass is 16.5. The van der Waals surface area contributed by atoms with Crippen LogP contribution in [0.15, 0.2) is 18.2 Å². The topological polar surface area (TPSA) is 80.8 Å². The number of carbonyl (C=O) groups is 4. The molecule has 1 aromatic carbocycles. The van der Waals surface area contributed by atoms with Gasteiger partial charge >= 0.3 is 5.97 Å². The largest absolute Gasteiger partial charge is 0.465 e. The number of ether oxygens (including phenoxy) is 1. The van der Waals surface area contributed by atoms with Crippen molar-refractivity contribution < 1.29 is 23.9 Å². The normalized spacial score (nSPS) is 14.8. The van der Waals surface area contributed by atoms with Gasteiger partial charge in [0.25, 0.3) is 11.8 Å². The Hall–Kier alpha value is -2.50. The number of benzene rings is 1. The van der Waals surface area contributed by atoms with Crippen molar-refractivity contribution in [2.45, 2.75) is 20.8 Å². The molecule has 0 aromatic heterocycles. The molecule has 0 fully saturated rings. The van der Waals surface area contributed by atoms with Crippen LogP contribution >= 0.6 is 0 Å². The molecule has 1 heterocycles. The smallest absolute Gasteiger partial charge is 0.318 e. The van der Waals surface area contributed by atoms with E-state index >= 15 is 0 Å². The van der Waals surface area contributed by atoms with Gasteiger partial charge in [-0.1, -0.05) is 11.6 Å². The van der Waals surface area contributed by atoms with Crippen LogP contribution in [-0.4, -0.2) is 41.6 Å². The first-order chi connectivity index (χ1) is 10.4. The number of Topliss-reactive ketones (excluding diaryl/α,β-unsaturated/α-hetero) is 1. The maximum Gasteiger partial charge on any atom is 0.318 e. The SMILES string of the molecule is CCOC(=O)[C@@H](CN1C(=O)c2ccc(C)cc2C1=O)C(C)=O. The van der Waals surface area contributed by atoms with Crippen LogP contribution < -0.4 is 0 Å².